The number of hydrogen-bond acceptors (Lipinski definition) is 3. The Bertz CT molecular complexity index is 867. The summed E-state index contributed by atoms with van der Waals surface area (Å²) in [6.07, 6.45) is 5.10. The molecular weight excluding hydrogens is 347 g/mol. The highest BCUT2D eigenvalue weighted by atomic mass is 19.1. The molecule has 0 unspecified atom stereocenters. The summed E-state index contributed by atoms with van der Waals surface area (Å²) in [6.45, 7) is 4.57. The summed E-state index contributed by atoms with van der Waals surface area (Å²) >= 11 is 0. The normalized spacial score (nSPS) is 13.7. The highest BCUT2D eigenvalue weighted by Gasteiger charge is 2.28. The second-order valence-corrected chi connectivity index (χ2v) is 6.66. The van der Waals surface area contributed by atoms with Crippen LogP contribution in [-0.4, -0.2) is 34.7 Å². The van der Waals surface area contributed by atoms with Gasteiger partial charge in [-0.2, -0.15) is 5.10 Å². The minimum atomic E-state index is -0.301. The number of nitrogens with one attached hydrogen (secondary N) is 2. The Kier molecular flexibility index (Phi) is 5.69. The fourth-order valence-corrected chi connectivity index (χ4v) is 2.81. The molecule has 0 bridgehead atoms. The Balaban J connectivity index is 1.57. The zero-order valence-corrected chi connectivity index (χ0v) is 15.5. The molecule has 2 N–H and O–H groups in total. The Morgan fingerprint density at radius 3 is 2.52 bits per heavy atom. The quantitative estimate of drug-likeness (QED) is 0.580. The van der Waals surface area contributed by atoms with Crippen molar-refractivity contribution in [3.05, 3.63) is 53.1 Å². The zero-order chi connectivity index (χ0) is 19.4. The number of hydrogen-bond donors (Lipinski definition) is 2. The Labute approximate surface area is 157 Å². The molecule has 0 aliphatic heterocycles. The van der Waals surface area contributed by atoms with Gasteiger partial charge in [0.25, 0.3) is 0 Å². The van der Waals surface area contributed by atoms with Crippen molar-refractivity contribution in [2.75, 3.05) is 13.1 Å². The van der Waals surface area contributed by atoms with Gasteiger partial charge in [0.05, 0.1) is 11.4 Å². The molecule has 1 fully saturated rings. The van der Waals surface area contributed by atoms with Crippen LogP contribution in [0.5, 0.6) is 0 Å². The summed E-state index contributed by atoms with van der Waals surface area (Å²) in [7, 11) is 0. The van der Waals surface area contributed by atoms with E-state index in [0.29, 0.717) is 13.1 Å². The van der Waals surface area contributed by atoms with E-state index in [1.54, 1.807) is 22.9 Å². The van der Waals surface area contributed by atoms with Gasteiger partial charge in [0.1, 0.15) is 5.82 Å². The first-order valence-corrected chi connectivity index (χ1v) is 9.01. The van der Waals surface area contributed by atoms with E-state index < -0.39 is 0 Å². The predicted molar refractivity (Wildman–Crippen MR) is 101 cm³/mol. The van der Waals surface area contributed by atoms with E-state index in [-0.39, 0.29) is 23.5 Å². The third kappa shape index (κ3) is 4.81. The third-order valence-electron chi connectivity index (χ3n) is 4.49. The van der Waals surface area contributed by atoms with Crippen LogP contribution in [0.15, 0.2) is 30.3 Å². The summed E-state index contributed by atoms with van der Waals surface area (Å²) in [5.74, 6) is -0.294. The molecule has 1 aromatic carbocycles. The van der Waals surface area contributed by atoms with Crippen LogP contribution in [0, 0.1) is 25.6 Å². The van der Waals surface area contributed by atoms with Crippen molar-refractivity contribution in [3.8, 4) is 5.69 Å². The summed E-state index contributed by atoms with van der Waals surface area (Å²) in [6, 6.07) is 6.09. The molecule has 0 atom stereocenters. The molecule has 7 heteroatoms. The molecule has 1 aliphatic rings. The molecule has 6 nitrogen and oxygen atoms in total. The van der Waals surface area contributed by atoms with Gasteiger partial charge in [-0.1, -0.05) is 0 Å². The van der Waals surface area contributed by atoms with Gasteiger partial charge in [0, 0.05) is 36.3 Å². The summed E-state index contributed by atoms with van der Waals surface area (Å²) in [5, 5.41) is 10.0. The number of aryl methyl sites for hydroxylation is 1. The molecule has 1 aliphatic carbocycles. The number of rotatable bonds is 7. The largest absolute Gasteiger partial charge is 0.354 e. The third-order valence-corrected chi connectivity index (χ3v) is 4.49. The molecule has 1 saturated carbocycles. The Hall–Kier alpha value is -2.96. The summed E-state index contributed by atoms with van der Waals surface area (Å²) < 4.78 is 14.8. The monoisotopic (exact) mass is 370 g/mol. The molecule has 2 aromatic rings. The fraction of sp³-hybridized carbons (Fsp3) is 0.350. The minimum absolute atomic E-state index is 0.0687. The molecule has 0 spiro atoms. The second kappa shape index (κ2) is 8.16. The maximum atomic E-state index is 13.1. The van der Waals surface area contributed by atoms with Crippen molar-refractivity contribution >= 4 is 17.9 Å². The Morgan fingerprint density at radius 1 is 1.19 bits per heavy atom. The predicted octanol–water partition coefficient (Wildman–Crippen LogP) is 2.28. The van der Waals surface area contributed by atoms with Gasteiger partial charge in [0.2, 0.25) is 11.8 Å². The Morgan fingerprint density at radius 2 is 1.85 bits per heavy atom. The van der Waals surface area contributed by atoms with E-state index in [1.807, 2.05) is 13.8 Å². The van der Waals surface area contributed by atoms with Crippen LogP contribution in [0.25, 0.3) is 11.8 Å². The standard InChI is InChI=1S/C20H23FN4O2/c1-13-18(14(2)25(24-13)17-7-5-16(21)6-8-17)9-10-19(26)22-11-12-23-20(27)15-3-4-15/h5-10,15H,3-4,11-12H2,1-2H3,(H,22,26)(H,23,27)/b10-9+. The molecule has 0 saturated heterocycles. The molecule has 142 valence electrons. The summed E-state index contributed by atoms with van der Waals surface area (Å²) in [5.41, 5.74) is 3.24. The number of carbonyl (C=O) groups is 2. The molecular formula is C20H23FN4O2. The van der Waals surface area contributed by atoms with Crippen LogP contribution < -0.4 is 10.6 Å². The van der Waals surface area contributed by atoms with Gasteiger partial charge in [-0.25, -0.2) is 9.07 Å². The number of nitrogens with zero attached hydrogens (tertiary/aromatic N) is 2. The van der Waals surface area contributed by atoms with E-state index in [0.717, 1.165) is 35.5 Å². The number of carbonyl (C=O) groups excluding carboxylic acids is 2. The zero-order valence-electron chi connectivity index (χ0n) is 15.5. The maximum Gasteiger partial charge on any atom is 0.244 e. The van der Waals surface area contributed by atoms with Crippen LogP contribution in [0.3, 0.4) is 0 Å². The molecule has 2 amide bonds. The molecule has 3 rings (SSSR count). The number of amides is 2. The highest BCUT2D eigenvalue weighted by molar-refractivity contribution is 5.92. The first kappa shape index (κ1) is 18.8. The van der Waals surface area contributed by atoms with Gasteiger partial charge < -0.3 is 10.6 Å². The highest BCUT2D eigenvalue weighted by Crippen LogP contribution is 2.28. The molecule has 0 radical (unpaired) electrons. The van der Waals surface area contributed by atoms with Crippen LogP contribution in [-0.2, 0) is 9.59 Å². The number of aromatic nitrogens is 2. The van der Waals surface area contributed by atoms with Crippen LogP contribution >= 0.6 is 0 Å². The smallest absolute Gasteiger partial charge is 0.244 e. The first-order valence-electron chi connectivity index (χ1n) is 9.01. The lowest BCUT2D eigenvalue weighted by Gasteiger charge is -2.05. The van der Waals surface area contributed by atoms with Crippen molar-refractivity contribution in [1.82, 2.24) is 20.4 Å². The van der Waals surface area contributed by atoms with Crippen molar-refractivity contribution in [1.29, 1.82) is 0 Å². The van der Waals surface area contributed by atoms with Gasteiger partial charge in [-0.15, -0.1) is 0 Å². The van der Waals surface area contributed by atoms with Crippen molar-refractivity contribution < 1.29 is 14.0 Å². The molecule has 1 aromatic heterocycles. The van der Waals surface area contributed by atoms with E-state index in [2.05, 4.69) is 15.7 Å². The van der Waals surface area contributed by atoms with Crippen molar-refractivity contribution in [2.24, 2.45) is 5.92 Å². The average Bonchev–Trinajstić information content (AvgIpc) is 3.45. The number of halogens is 1. The second-order valence-electron chi connectivity index (χ2n) is 6.66. The fourth-order valence-electron chi connectivity index (χ4n) is 2.81. The maximum absolute atomic E-state index is 13.1. The molecule has 27 heavy (non-hydrogen) atoms. The van der Waals surface area contributed by atoms with Crippen molar-refractivity contribution in [2.45, 2.75) is 26.7 Å². The van der Waals surface area contributed by atoms with Gasteiger partial charge in [-0.05, 0) is 57.0 Å². The van der Waals surface area contributed by atoms with Crippen LogP contribution in [0.2, 0.25) is 0 Å². The number of benzene rings is 1. The average molecular weight is 370 g/mol. The SMILES string of the molecule is Cc1nn(-c2ccc(F)cc2)c(C)c1/C=C/C(=O)NCCNC(=O)C1CC1. The van der Waals surface area contributed by atoms with Crippen LogP contribution in [0.1, 0.15) is 29.8 Å². The first-order chi connectivity index (χ1) is 13.0. The van der Waals surface area contributed by atoms with Gasteiger partial charge in [-0.3, -0.25) is 9.59 Å². The summed E-state index contributed by atoms with van der Waals surface area (Å²) in [4.78, 5) is 23.5. The van der Waals surface area contributed by atoms with Crippen molar-refractivity contribution in [3.63, 3.8) is 0 Å². The van der Waals surface area contributed by atoms with Crippen LogP contribution in [0.4, 0.5) is 4.39 Å². The lowest BCUT2D eigenvalue weighted by atomic mass is 10.2. The van der Waals surface area contributed by atoms with E-state index >= 15 is 0 Å². The topological polar surface area (TPSA) is 76.0 Å². The minimum Gasteiger partial charge on any atom is -0.354 e. The lowest BCUT2D eigenvalue weighted by Crippen LogP contribution is -2.34. The van der Waals surface area contributed by atoms with Gasteiger partial charge >= 0.3 is 0 Å². The molecule has 1 heterocycles. The lowest BCUT2D eigenvalue weighted by molar-refractivity contribution is -0.122. The van der Waals surface area contributed by atoms with E-state index in [4.69, 9.17) is 0 Å². The van der Waals surface area contributed by atoms with E-state index in [9.17, 15) is 14.0 Å². The van der Waals surface area contributed by atoms with Gasteiger partial charge in [0.15, 0.2) is 0 Å². The van der Waals surface area contributed by atoms with E-state index in [1.165, 1.54) is 18.2 Å².